The molecule has 1 aromatic rings. The number of benzene rings is 1. The highest BCUT2D eigenvalue weighted by Gasteiger charge is 2.30. The van der Waals surface area contributed by atoms with E-state index in [1.54, 1.807) is 0 Å². The largest absolute Gasteiger partial charge is 0.416 e. The molecule has 5 heteroatoms. The molecule has 0 N–H and O–H groups in total. The topological polar surface area (TPSA) is 29.4 Å². The maximum absolute atomic E-state index is 12.3. The molecule has 0 radical (unpaired) electrons. The molecule has 17 heavy (non-hydrogen) atoms. The Hall–Kier alpha value is -1.61. The second kappa shape index (κ2) is 5.64. The minimum absolute atomic E-state index is 0.403. The van der Waals surface area contributed by atoms with Crippen molar-refractivity contribution >= 4 is 6.08 Å². The fourth-order valence-corrected chi connectivity index (χ4v) is 1.54. The van der Waals surface area contributed by atoms with Gasteiger partial charge in [0, 0.05) is 0 Å². The van der Waals surface area contributed by atoms with Crippen LogP contribution in [-0.4, -0.2) is 6.08 Å². The third kappa shape index (κ3) is 3.71. The third-order valence-corrected chi connectivity index (χ3v) is 2.39. The first-order valence-electron chi connectivity index (χ1n) is 5.23. The molecule has 1 unspecified atom stereocenters. The lowest BCUT2D eigenvalue weighted by Gasteiger charge is -2.11. The lowest BCUT2D eigenvalue weighted by Crippen LogP contribution is -2.05. The summed E-state index contributed by atoms with van der Waals surface area (Å²) in [5, 5.41) is 0. The van der Waals surface area contributed by atoms with Crippen molar-refractivity contribution < 1.29 is 18.0 Å². The fourth-order valence-electron chi connectivity index (χ4n) is 1.54. The van der Waals surface area contributed by atoms with E-state index >= 15 is 0 Å². The van der Waals surface area contributed by atoms with Gasteiger partial charge in [0.2, 0.25) is 6.08 Å². The summed E-state index contributed by atoms with van der Waals surface area (Å²) in [4.78, 5) is 13.8. The molecule has 2 nitrogen and oxygen atoms in total. The molecule has 0 aliphatic rings. The first kappa shape index (κ1) is 13.5. The van der Waals surface area contributed by atoms with Crippen molar-refractivity contribution in [3.63, 3.8) is 0 Å². The number of hydrogen-bond donors (Lipinski definition) is 0. The molecule has 1 atom stereocenters. The minimum Gasteiger partial charge on any atom is -0.211 e. The number of nitrogens with zero attached hydrogens (tertiary/aromatic N) is 1. The molecule has 0 spiro atoms. The number of alkyl halides is 3. The number of halogens is 3. The molecule has 0 aliphatic carbocycles. The molecule has 0 fully saturated rings. The Morgan fingerprint density at radius 2 is 1.88 bits per heavy atom. The molecule has 1 rings (SSSR count). The Kier molecular flexibility index (Phi) is 4.46. The van der Waals surface area contributed by atoms with E-state index in [0.29, 0.717) is 12.0 Å². The molecule has 1 aromatic carbocycles. The van der Waals surface area contributed by atoms with Gasteiger partial charge in [-0.05, 0) is 24.1 Å². The Morgan fingerprint density at radius 1 is 1.29 bits per heavy atom. The van der Waals surface area contributed by atoms with Crippen LogP contribution >= 0.6 is 0 Å². The summed E-state index contributed by atoms with van der Waals surface area (Å²) in [5.41, 5.74) is -0.102. The quantitative estimate of drug-likeness (QED) is 0.582. The van der Waals surface area contributed by atoms with Crippen LogP contribution in [0, 0.1) is 0 Å². The van der Waals surface area contributed by atoms with Crippen LogP contribution in [0.25, 0.3) is 0 Å². The first-order valence-corrected chi connectivity index (χ1v) is 5.23. The fraction of sp³-hybridized carbons (Fsp3) is 0.417. The zero-order chi connectivity index (χ0) is 12.9. The van der Waals surface area contributed by atoms with Crippen molar-refractivity contribution in [2.45, 2.75) is 32.0 Å². The zero-order valence-corrected chi connectivity index (χ0v) is 9.29. The minimum atomic E-state index is -4.34. The molecule has 0 bridgehead atoms. The van der Waals surface area contributed by atoms with Gasteiger partial charge in [0.25, 0.3) is 0 Å². The highest BCUT2D eigenvalue weighted by Crippen LogP contribution is 2.31. The molecule has 0 heterocycles. The molecular weight excluding hydrogens is 231 g/mol. The third-order valence-electron chi connectivity index (χ3n) is 2.39. The van der Waals surface area contributed by atoms with E-state index in [-0.39, 0.29) is 0 Å². The molecule has 0 saturated carbocycles. The molecule has 0 amide bonds. The summed E-state index contributed by atoms with van der Waals surface area (Å²) >= 11 is 0. The van der Waals surface area contributed by atoms with Crippen LogP contribution in [0.3, 0.4) is 0 Å². The van der Waals surface area contributed by atoms with Crippen molar-refractivity contribution in [3.8, 4) is 0 Å². The normalized spacial score (nSPS) is 12.9. The predicted molar refractivity (Wildman–Crippen MR) is 57.2 cm³/mol. The van der Waals surface area contributed by atoms with Crippen LogP contribution in [0.1, 0.15) is 36.9 Å². The number of rotatable bonds is 4. The molecular formula is C12H12F3NO. The van der Waals surface area contributed by atoms with E-state index in [1.807, 2.05) is 6.92 Å². The summed E-state index contributed by atoms with van der Waals surface area (Å²) in [5.74, 6) is 0. The van der Waals surface area contributed by atoms with E-state index in [4.69, 9.17) is 0 Å². The van der Waals surface area contributed by atoms with Crippen molar-refractivity contribution in [2.24, 2.45) is 4.99 Å². The van der Waals surface area contributed by atoms with Crippen LogP contribution in [-0.2, 0) is 11.0 Å². The van der Waals surface area contributed by atoms with Crippen molar-refractivity contribution in [2.75, 3.05) is 0 Å². The van der Waals surface area contributed by atoms with Gasteiger partial charge in [-0.1, -0.05) is 25.5 Å². The molecule has 0 aliphatic heterocycles. The first-order chi connectivity index (χ1) is 7.99. The van der Waals surface area contributed by atoms with E-state index in [1.165, 1.54) is 18.2 Å². The van der Waals surface area contributed by atoms with Crippen LogP contribution in [0.15, 0.2) is 29.3 Å². The Labute approximate surface area is 97.2 Å². The van der Waals surface area contributed by atoms with Gasteiger partial charge in [-0.3, -0.25) is 0 Å². The van der Waals surface area contributed by atoms with Gasteiger partial charge >= 0.3 is 6.18 Å². The highest BCUT2D eigenvalue weighted by molar-refractivity contribution is 5.36. The highest BCUT2D eigenvalue weighted by atomic mass is 19.4. The maximum atomic E-state index is 12.3. The average molecular weight is 243 g/mol. The second-order valence-corrected chi connectivity index (χ2v) is 3.64. The number of isocyanates is 1. The van der Waals surface area contributed by atoms with Gasteiger partial charge in [0.15, 0.2) is 0 Å². The van der Waals surface area contributed by atoms with Gasteiger partial charge < -0.3 is 0 Å². The predicted octanol–water partition coefficient (Wildman–Crippen LogP) is 3.88. The van der Waals surface area contributed by atoms with E-state index in [2.05, 4.69) is 4.99 Å². The molecule has 0 aromatic heterocycles. The summed E-state index contributed by atoms with van der Waals surface area (Å²) in [6, 6.07) is 4.30. The average Bonchev–Trinajstić information content (AvgIpc) is 2.28. The summed E-state index contributed by atoms with van der Waals surface area (Å²) in [6.45, 7) is 1.91. The van der Waals surface area contributed by atoms with Crippen LogP contribution in [0.5, 0.6) is 0 Å². The zero-order valence-electron chi connectivity index (χ0n) is 9.29. The van der Waals surface area contributed by atoms with Crippen LogP contribution in [0.2, 0.25) is 0 Å². The van der Waals surface area contributed by atoms with Crippen molar-refractivity contribution in [3.05, 3.63) is 35.4 Å². The second-order valence-electron chi connectivity index (χ2n) is 3.64. The van der Waals surface area contributed by atoms with Crippen LogP contribution < -0.4 is 0 Å². The van der Waals surface area contributed by atoms with Crippen molar-refractivity contribution in [1.82, 2.24) is 0 Å². The van der Waals surface area contributed by atoms with Crippen molar-refractivity contribution in [1.29, 1.82) is 0 Å². The Balaban J connectivity index is 2.95. The molecule has 92 valence electrons. The summed E-state index contributed by atoms with van der Waals surface area (Å²) in [6.07, 6.45) is -1.49. The van der Waals surface area contributed by atoms with E-state index in [9.17, 15) is 18.0 Å². The maximum Gasteiger partial charge on any atom is 0.416 e. The SMILES string of the molecule is CCCC(N=C=O)c1ccc(C(F)(F)F)cc1. The lowest BCUT2D eigenvalue weighted by atomic mass is 10.0. The number of aliphatic imine (C=N–C) groups is 1. The Morgan fingerprint density at radius 3 is 2.29 bits per heavy atom. The van der Waals surface area contributed by atoms with Crippen LogP contribution in [0.4, 0.5) is 13.2 Å². The molecule has 0 saturated heterocycles. The number of hydrogen-bond acceptors (Lipinski definition) is 2. The lowest BCUT2D eigenvalue weighted by molar-refractivity contribution is -0.137. The Bertz CT molecular complexity index is 405. The smallest absolute Gasteiger partial charge is 0.211 e. The summed E-state index contributed by atoms with van der Waals surface area (Å²) < 4.78 is 37.0. The van der Waals surface area contributed by atoms with Gasteiger partial charge in [-0.2, -0.15) is 18.2 Å². The number of carbonyl (C=O) groups excluding carboxylic acids is 1. The van der Waals surface area contributed by atoms with Gasteiger partial charge in [0.05, 0.1) is 11.6 Å². The van der Waals surface area contributed by atoms with Gasteiger partial charge in [0.1, 0.15) is 0 Å². The van der Waals surface area contributed by atoms with E-state index < -0.39 is 17.8 Å². The summed E-state index contributed by atoms with van der Waals surface area (Å²) in [7, 11) is 0. The standard InChI is InChI=1S/C12H12F3NO/c1-2-3-11(16-8-17)9-4-6-10(7-5-9)12(13,14)15/h4-7,11H,2-3H2,1H3. The monoisotopic (exact) mass is 243 g/mol. The van der Waals surface area contributed by atoms with Gasteiger partial charge in [-0.25, -0.2) is 4.79 Å². The van der Waals surface area contributed by atoms with E-state index in [0.717, 1.165) is 18.6 Å². The van der Waals surface area contributed by atoms with Gasteiger partial charge in [-0.15, -0.1) is 0 Å².